The van der Waals surface area contributed by atoms with E-state index in [0.717, 1.165) is 0 Å². The second-order valence-electron chi connectivity index (χ2n) is 5.56. The fourth-order valence-corrected chi connectivity index (χ4v) is 2.16. The molecular weight excluding hydrogens is 368 g/mol. The molecule has 0 aliphatic heterocycles. The van der Waals surface area contributed by atoms with Gasteiger partial charge in [-0.15, -0.1) is 0 Å². The maximum absolute atomic E-state index is 12.1. The maximum atomic E-state index is 12.1. The Labute approximate surface area is 160 Å². The number of carbonyl (C=O) groups excluding carboxylic acids is 2. The van der Waals surface area contributed by atoms with Crippen LogP contribution >= 0.6 is 0 Å². The number of nitrogens with two attached hydrogens (primary N) is 1. The van der Waals surface area contributed by atoms with Crippen molar-refractivity contribution >= 4 is 23.2 Å². The van der Waals surface area contributed by atoms with Gasteiger partial charge in [0.2, 0.25) is 0 Å². The van der Waals surface area contributed by atoms with E-state index >= 15 is 0 Å². The first-order valence-electron chi connectivity index (χ1n) is 8.00. The van der Waals surface area contributed by atoms with Gasteiger partial charge in [0.25, 0.3) is 17.5 Å². The molecule has 10 nitrogen and oxygen atoms in total. The number of nitrogens with zero attached hydrogens (tertiary/aromatic N) is 2. The van der Waals surface area contributed by atoms with Gasteiger partial charge in [-0.3, -0.25) is 19.7 Å². The van der Waals surface area contributed by atoms with Crippen molar-refractivity contribution in [3.63, 3.8) is 0 Å². The molecule has 10 heteroatoms. The van der Waals surface area contributed by atoms with Gasteiger partial charge in [-0.05, 0) is 37.3 Å². The van der Waals surface area contributed by atoms with Crippen molar-refractivity contribution in [2.45, 2.75) is 6.92 Å². The second-order valence-corrected chi connectivity index (χ2v) is 5.56. The Kier molecular flexibility index (Phi) is 6.63. The molecule has 2 aromatic rings. The minimum atomic E-state index is -0.613. The van der Waals surface area contributed by atoms with Crippen LogP contribution in [0.3, 0.4) is 0 Å². The third kappa shape index (κ3) is 5.27. The zero-order valence-corrected chi connectivity index (χ0v) is 15.2. The van der Waals surface area contributed by atoms with Crippen molar-refractivity contribution in [1.29, 1.82) is 0 Å². The topological polar surface area (TPSA) is 146 Å². The third-order valence-electron chi connectivity index (χ3n) is 3.62. The number of hydrazone groups is 1. The zero-order valence-electron chi connectivity index (χ0n) is 15.2. The highest BCUT2D eigenvalue weighted by atomic mass is 16.6. The highest BCUT2D eigenvalue weighted by molar-refractivity contribution is 6.01. The zero-order chi connectivity index (χ0) is 20.7. The number of carbonyl (C=O) groups is 2. The van der Waals surface area contributed by atoms with Crippen molar-refractivity contribution in [1.82, 2.24) is 5.43 Å². The van der Waals surface area contributed by atoms with E-state index in [-0.39, 0.29) is 17.9 Å². The summed E-state index contributed by atoms with van der Waals surface area (Å²) in [5.74, 6) is -0.414. The fourth-order valence-electron chi connectivity index (χ4n) is 2.16. The van der Waals surface area contributed by atoms with Crippen LogP contribution in [0.2, 0.25) is 0 Å². The van der Waals surface area contributed by atoms with Gasteiger partial charge in [0.1, 0.15) is 0 Å². The lowest BCUT2D eigenvalue weighted by Gasteiger charge is -2.11. The SMILES string of the molecule is COc1cc(/C(C)=N\NC(=O)c2ccc([N+](=O)[O-])cc2)ccc1OCC(N)=O. The number of hydrogen-bond acceptors (Lipinski definition) is 7. The van der Waals surface area contributed by atoms with Crippen molar-refractivity contribution < 1.29 is 24.0 Å². The molecule has 3 N–H and O–H groups in total. The summed E-state index contributed by atoms with van der Waals surface area (Å²) in [4.78, 5) is 33.0. The van der Waals surface area contributed by atoms with E-state index in [1.54, 1.807) is 25.1 Å². The molecule has 0 aliphatic rings. The molecule has 146 valence electrons. The second kappa shape index (κ2) is 9.12. The molecule has 2 amide bonds. The molecule has 0 aromatic heterocycles. The van der Waals surface area contributed by atoms with Crippen molar-refractivity contribution in [2.24, 2.45) is 10.8 Å². The summed E-state index contributed by atoms with van der Waals surface area (Å²) >= 11 is 0. The molecule has 0 aliphatic carbocycles. The highest BCUT2D eigenvalue weighted by Crippen LogP contribution is 2.28. The van der Waals surface area contributed by atoms with Crippen LogP contribution in [0.4, 0.5) is 5.69 Å². The van der Waals surface area contributed by atoms with Gasteiger partial charge in [0.15, 0.2) is 18.1 Å². The molecule has 0 spiro atoms. The van der Waals surface area contributed by atoms with Gasteiger partial charge >= 0.3 is 0 Å². The van der Waals surface area contributed by atoms with Crippen molar-refractivity contribution in [3.8, 4) is 11.5 Å². The number of ether oxygens (including phenoxy) is 2. The summed E-state index contributed by atoms with van der Waals surface area (Å²) in [6, 6.07) is 10.1. The van der Waals surface area contributed by atoms with E-state index in [0.29, 0.717) is 22.8 Å². The molecule has 0 saturated heterocycles. The average Bonchev–Trinajstić information content (AvgIpc) is 2.69. The van der Waals surface area contributed by atoms with Crippen LogP contribution in [-0.2, 0) is 4.79 Å². The number of methoxy groups -OCH3 is 1. The predicted molar refractivity (Wildman–Crippen MR) is 100 cm³/mol. The number of nitro benzene ring substituents is 1. The van der Waals surface area contributed by atoms with Crippen LogP contribution in [0.25, 0.3) is 0 Å². The van der Waals surface area contributed by atoms with Gasteiger partial charge in [-0.25, -0.2) is 5.43 Å². The summed E-state index contributed by atoms with van der Waals surface area (Å²) < 4.78 is 10.5. The predicted octanol–water partition coefficient (Wildman–Crippen LogP) is 1.62. The smallest absolute Gasteiger partial charge is 0.271 e. The lowest BCUT2D eigenvalue weighted by molar-refractivity contribution is -0.384. The van der Waals surface area contributed by atoms with Crippen LogP contribution in [0.1, 0.15) is 22.8 Å². The molecule has 2 aromatic carbocycles. The third-order valence-corrected chi connectivity index (χ3v) is 3.62. The Hall–Kier alpha value is -3.95. The summed E-state index contributed by atoms with van der Waals surface area (Å²) in [7, 11) is 1.44. The first-order valence-corrected chi connectivity index (χ1v) is 8.00. The molecule has 0 unspecified atom stereocenters. The van der Waals surface area contributed by atoms with Gasteiger partial charge in [-0.1, -0.05) is 0 Å². The lowest BCUT2D eigenvalue weighted by Crippen LogP contribution is -2.20. The Balaban J connectivity index is 2.10. The normalized spacial score (nSPS) is 10.9. The number of hydrogen-bond donors (Lipinski definition) is 2. The van der Waals surface area contributed by atoms with Gasteiger partial charge in [0.05, 0.1) is 17.7 Å². The van der Waals surface area contributed by atoms with E-state index < -0.39 is 16.7 Å². The van der Waals surface area contributed by atoms with E-state index in [4.69, 9.17) is 15.2 Å². The summed E-state index contributed by atoms with van der Waals surface area (Å²) in [5.41, 5.74) is 8.68. The van der Waals surface area contributed by atoms with Gasteiger partial charge in [0, 0.05) is 23.3 Å². The number of rotatable bonds is 8. The summed E-state index contributed by atoms with van der Waals surface area (Å²) in [6.45, 7) is 1.39. The molecule has 0 heterocycles. The van der Waals surface area contributed by atoms with Gasteiger partial charge < -0.3 is 15.2 Å². The molecule has 0 radical (unpaired) electrons. The van der Waals surface area contributed by atoms with Crippen LogP contribution < -0.4 is 20.6 Å². The number of non-ortho nitro benzene ring substituents is 1. The first kappa shape index (κ1) is 20.4. The van der Waals surface area contributed by atoms with Crippen LogP contribution in [0.5, 0.6) is 11.5 Å². The molecule has 0 saturated carbocycles. The standard InChI is InChI=1S/C18H18N4O6/c1-11(13-5-8-15(16(9-13)27-2)28-10-17(19)23)20-21-18(24)12-3-6-14(7-4-12)22(25)26/h3-9H,10H2,1-2H3,(H2,19,23)(H,21,24)/b20-11-. The van der Waals surface area contributed by atoms with Crippen LogP contribution in [0, 0.1) is 10.1 Å². The number of primary amides is 1. The summed E-state index contributed by atoms with van der Waals surface area (Å²) in [6.07, 6.45) is 0. The molecular formula is C18H18N4O6. The molecule has 2 rings (SSSR count). The number of benzene rings is 2. The Morgan fingerprint density at radius 1 is 1.14 bits per heavy atom. The maximum Gasteiger partial charge on any atom is 0.271 e. The fraction of sp³-hybridized carbons (Fsp3) is 0.167. The van der Waals surface area contributed by atoms with E-state index in [1.807, 2.05) is 0 Å². The van der Waals surface area contributed by atoms with Crippen LogP contribution in [-0.4, -0.2) is 36.2 Å². The molecule has 0 atom stereocenters. The average molecular weight is 386 g/mol. The monoisotopic (exact) mass is 386 g/mol. The quantitative estimate of drug-likeness (QED) is 0.400. The molecule has 0 bridgehead atoms. The highest BCUT2D eigenvalue weighted by Gasteiger charge is 2.11. The van der Waals surface area contributed by atoms with Crippen LogP contribution in [0.15, 0.2) is 47.6 Å². The van der Waals surface area contributed by atoms with E-state index in [2.05, 4.69) is 10.5 Å². The lowest BCUT2D eigenvalue weighted by atomic mass is 10.1. The van der Waals surface area contributed by atoms with Gasteiger partial charge in [-0.2, -0.15) is 5.10 Å². The largest absolute Gasteiger partial charge is 0.493 e. The number of amides is 2. The Morgan fingerprint density at radius 3 is 2.36 bits per heavy atom. The number of nitrogens with one attached hydrogen (secondary N) is 1. The van der Waals surface area contributed by atoms with E-state index in [1.165, 1.54) is 31.4 Å². The molecule has 28 heavy (non-hydrogen) atoms. The van der Waals surface area contributed by atoms with Crippen molar-refractivity contribution in [2.75, 3.05) is 13.7 Å². The minimum Gasteiger partial charge on any atom is -0.493 e. The van der Waals surface area contributed by atoms with Crippen molar-refractivity contribution in [3.05, 3.63) is 63.7 Å². The first-order chi connectivity index (χ1) is 13.3. The Bertz CT molecular complexity index is 924. The summed E-state index contributed by atoms with van der Waals surface area (Å²) in [5, 5.41) is 14.7. The number of nitro groups is 1. The minimum absolute atomic E-state index is 0.109. The van der Waals surface area contributed by atoms with E-state index in [9.17, 15) is 19.7 Å². The Morgan fingerprint density at radius 2 is 1.79 bits per heavy atom. The molecule has 0 fully saturated rings.